The number of benzene rings is 2. The predicted octanol–water partition coefficient (Wildman–Crippen LogP) is 3.22. The van der Waals surface area contributed by atoms with E-state index in [0.717, 1.165) is 11.3 Å². The number of urea groups is 1. The topological polar surface area (TPSA) is 88.2 Å². The minimum atomic E-state index is -1.35. The van der Waals surface area contributed by atoms with Gasteiger partial charge in [-0.05, 0) is 44.0 Å². The molecule has 4 amide bonds. The van der Waals surface area contributed by atoms with Crippen LogP contribution in [0.1, 0.15) is 44.4 Å². The second-order valence-electron chi connectivity index (χ2n) is 8.27. The van der Waals surface area contributed by atoms with Gasteiger partial charge < -0.3 is 19.7 Å². The van der Waals surface area contributed by atoms with Crippen LogP contribution in [0.15, 0.2) is 48.5 Å². The molecule has 2 atom stereocenters. The molecule has 0 bridgehead atoms. The standard InChI is InChI=1S/C25H29N3O5/c1-4-27(5-2)22(29)21(17-10-7-6-8-11-17)28-23(30)25(3,26-24(28)31)18-12-13-19-20(16-18)33-15-9-14-32-19/h6-8,10-13,16,21H,4-5,9,14-15H2,1-3H3,(H,26,31)/t21-,25-/m0/s1. The van der Waals surface area contributed by atoms with E-state index in [4.69, 9.17) is 9.47 Å². The lowest BCUT2D eigenvalue weighted by Gasteiger charge is -2.31. The molecule has 1 N–H and O–H groups in total. The molecule has 33 heavy (non-hydrogen) atoms. The molecule has 1 saturated heterocycles. The predicted molar refractivity (Wildman–Crippen MR) is 122 cm³/mol. The number of nitrogens with one attached hydrogen (secondary N) is 1. The van der Waals surface area contributed by atoms with Gasteiger partial charge in [0, 0.05) is 19.5 Å². The third-order valence-electron chi connectivity index (χ3n) is 6.23. The smallest absolute Gasteiger partial charge is 0.326 e. The zero-order chi connectivity index (χ0) is 23.6. The molecule has 2 aromatic rings. The molecule has 2 aliphatic rings. The van der Waals surface area contributed by atoms with Crippen molar-refractivity contribution in [1.29, 1.82) is 0 Å². The summed E-state index contributed by atoms with van der Waals surface area (Å²) in [4.78, 5) is 43.2. The Bertz CT molecular complexity index is 1050. The van der Waals surface area contributed by atoms with Gasteiger partial charge in [-0.15, -0.1) is 0 Å². The van der Waals surface area contributed by atoms with Crippen LogP contribution in [0.2, 0.25) is 0 Å². The Labute approximate surface area is 193 Å². The molecule has 8 nitrogen and oxygen atoms in total. The number of hydrogen-bond donors (Lipinski definition) is 1. The monoisotopic (exact) mass is 451 g/mol. The highest BCUT2D eigenvalue weighted by Crippen LogP contribution is 2.39. The first-order valence-electron chi connectivity index (χ1n) is 11.3. The summed E-state index contributed by atoms with van der Waals surface area (Å²) < 4.78 is 11.5. The van der Waals surface area contributed by atoms with Crippen LogP contribution < -0.4 is 14.8 Å². The average Bonchev–Trinajstić information content (AvgIpc) is 2.98. The molecule has 2 heterocycles. The molecule has 0 aliphatic carbocycles. The minimum Gasteiger partial charge on any atom is -0.490 e. The summed E-state index contributed by atoms with van der Waals surface area (Å²) in [5, 5.41) is 2.82. The fourth-order valence-electron chi connectivity index (χ4n) is 4.31. The molecule has 0 unspecified atom stereocenters. The zero-order valence-electron chi connectivity index (χ0n) is 19.2. The Balaban J connectivity index is 1.74. The molecule has 174 valence electrons. The van der Waals surface area contributed by atoms with Crippen LogP contribution in [0.3, 0.4) is 0 Å². The van der Waals surface area contributed by atoms with Crippen LogP contribution in [0.4, 0.5) is 4.79 Å². The zero-order valence-corrected chi connectivity index (χ0v) is 19.2. The van der Waals surface area contributed by atoms with Gasteiger partial charge in [-0.1, -0.05) is 36.4 Å². The Kier molecular flexibility index (Phi) is 6.26. The third kappa shape index (κ3) is 4.01. The quantitative estimate of drug-likeness (QED) is 0.682. The molecule has 8 heteroatoms. The van der Waals surface area contributed by atoms with E-state index in [-0.39, 0.29) is 5.91 Å². The second kappa shape index (κ2) is 9.13. The first-order valence-corrected chi connectivity index (χ1v) is 11.3. The van der Waals surface area contributed by atoms with E-state index in [1.807, 2.05) is 19.9 Å². The molecule has 0 radical (unpaired) electrons. The molecule has 0 aromatic heterocycles. The van der Waals surface area contributed by atoms with Crippen molar-refractivity contribution in [1.82, 2.24) is 15.1 Å². The molecule has 0 spiro atoms. The highest BCUT2D eigenvalue weighted by Gasteiger charge is 2.53. The van der Waals surface area contributed by atoms with E-state index in [1.165, 1.54) is 0 Å². The number of carbonyl (C=O) groups excluding carboxylic acids is 3. The summed E-state index contributed by atoms with van der Waals surface area (Å²) in [5.41, 5.74) is -0.200. The minimum absolute atomic E-state index is 0.294. The molecule has 4 rings (SSSR count). The summed E-state index contributed by atoms with van der Waals surface area (Å²) in [6.07, 6.45) is 0.761. The Morgan fingerprint density at radius 1 is 1.06 bits per heavy atom. The lowest BCUT2D eigenvalue weighted by Crippen LogP contribution is -2.46. The van der Waals surface area contributed by atoms with Crippen molar-refractivity contribution < 1.29 is 23.9 Å². The van der Waals surface area contributed by atoms with Gasteiger partial charge >= 0.3 is 6.03 Å². The van der Waals surface area contributed by atoms with Crippen molar-refractivity contribution >= 4 is 17.8 Å². The van der Waals surface area contributed by atoms with E-state index in [9.17, 15) is 14.4 Å². The van der Waals surface area contributed by atoms with E-state index < -0.39 is 23.5 Å². The van der Waals surface area contributed by atoms with Gasteiger partial charge in [0.25, 0.3) is 11.8 Å². The van der Waals surface area contributed by atoms with Gasteiger partial charge in [0.05, 0.1) is 13.2 Å². The number of nitrogens with zero attached hydrogens (tertiary/aromatic N) is 2. The average molecular weight is 452 g/mol. The summed E-state index contributed by atoms with van der Waals surface area (Å²) in [7, 11) is 0. The van der Waals surface area contributed by atoms with Crippen LogP contribution in [0.25, 0.3) is 0 Å². The van der Waals surface area contributed by atoms with Crippen molar-refractivity contribution in [3.63, 3.8) is 0 Å². The van der Waals surface area contributed by atoms with Gasteiger partial charge in [0.1, 0.15) is 11.6 Å². The van der Waals surface area contributed by atoms with Gasteiger partial charge in [-0.3, -0.25) is 9.59 Å². The maximum Gasteiger partial charge on any atom is 0.326 e. The number of likely N-dealkylation sites (N-methyl/N-ethyl adjacent to an activating group) is 1. The van der Waals surface area contributed by atoms with E-state index >= 15 is 0 Å². The normalized spacial score (nSPS) is 20.8. The number of rotatable bonds is 6. The first-order chi connectivity index (χ1) is 15.9. The highest BCUT2D eigenvalue weighted by molar-refractivity contribution is 6.10. The number of hydrogen-bond acceptors (Lipinski definition) is 5. The molecule has 1 fully saturated rings. The van der Waals surface area contributed by atoms with E-state index in [2.05, 4.69) is 5.32 Å². The lowest BCUT2D eigenvalue weighted by atomic mass is 9.91. The van der Waals surface area contributed by atoms with Crippen molar-refractivity contribution in [2.24, 2.45) is 0 Å². The van der Waals surface area contributed by atoms with Crippen molar-refractivity contribution in [2.45, 2.75) is 38.8 Å². The number of imide groups is 1. The maximum absolute atomic E-state index is 13.8. The lowest BCUT2D eigenvalue weighted by molar-refractivity contribution is -0.143. The summed E-state index contributed by atoms with van der Waals surface area (Å²) in [6, 6.07) is 12.5. The van der Waals surface area contributed by atoms with Crippen LogP contribution in [-0.4, -0.2) is 53.9 Å². The van der Waals surface area contributed by atoms with Crippen molar-refractivity contribution in [3.05, 3.63) is 59.7 Å². The Morgan fingerprint density at radius 2 is 1.73 bits per heavy atom. The van der Waals surface area contributed by atoms with Crippen molar-refractivity contribution in [3.8, 4) is 11.5 Å². The third-order valence-corrected chi connectivity index (χ3v) is 6.23. The van der Waals surface area contributed by atoms with Crippen LogP contribution >= 0.6 is 0 Å². The largest absolute Gasteiger partial charge is 0.490 e. The van der Waals surface area contributed by atoms with Gasteiger partial charge in [0.15, 0.2) is 11.5 Å². The molecular formula is C25H29N3O5. The maximum atomic E-state index is 13.8. The van der Waals surface area contributed by atoms with E-state index in [1.54, 1.807) is 54.3 Å². The van der Waals surface area contributed by atoms with Gasteiger partial charge in [0.2, 0.25) is 0 Å². The Hall–Kier alpha value is -3.55. The molecule has 0 saturated carbocycles. The fraction of sp³-hybridized carbons (Fsp3) is 0.400. The SMILES string of the molecule is CCN(CC)C(=O)[C@H](c1ccccc1)N1C(=O)N[C@@](C)(c2ccc3c(c2)OCCCO3)C1=O. The summed E-state index contributed by atoms with van der Waals surface area (Å²) >= 11 is 0. The first kappa shape index (κ1) is 22.6. The summed E-state index contributed by atoms with van der Waals surface area (Å²) in [6.45, 7) is 7.40. The van der Waals surface area contributed by atoms with Gasteiger partial charge in [-0.25, -0.2) is 9.69 Å². The van der Waals surface area contributed by atoms with E-state index in [0.29, 0.717) is 48.9 Å². The van der Waals surface area contributed by atoms with Crippen molar-refractivity contribution in [2.75, 3.05) is 26.3 Å². The number of ether oxygens (including phenoxy) is 2. The fourth-order valence-corrected chi connectivity index (χ4v) is 4.31. The van der Waals surface area contributed by atoms with Crippen LogP contribution in [0, 0.1) is 0 Å². The number of carbonyl (C=O) groups is 3. The van der Waals surface area contributed by atoms with Gasteiger partial charge in [-0.2, -0.15) is 0 Å². The number of amides is 4. The molecule has 2 aliphatic heterocycles. The highest BCUT2D eigenvalue weighted by atomic mass is 16.5. The number of fused-ring (bicyclic) bond motifs is 1. The Morgan fingerprint density at radius 3 is 2.39 bits per heavy atom. The van der Waals surface area contributed by atoms with Crippen LogP contribution in [-0.2, 0) is 15.1 Å². The summed E-state index contributed by atoms with van der Waals surface area (Å²) in [5.74, 6) is 0.354. The molecule has 2 aromatic carbocycles. The second-order valence-corrected chi connectivity index (χ2v) is 8.27. The van der Waals surface area contributed by atoms with Crippen LogP contribution in [0.5, 0.6) is 11.5 Å². The molecular weight excluding hydrogens is 422 g/mol.